The fourth-order valence-electron chi connectivity index (χ4n) is 0.813. The van der Waals surface area contributed by atoms with Crippen LogP contribution in [-0.4, -0.2) is 16.4 Å². The Balaban J connectivity index is 2.94. The first-order chi connectivity index (χ1) is 6.32. The van der Waals surface area contributed by atoms with Gasteiger partial charge in [0, 0.05) is 11.5 Å². The highest BCUT2D eigenvalue weighted by atomic mass is 32.1. The van der Waals surface area contributed by atoms with Gasteiger partial charge in [-0.2, -0.15) is 4.31 Å². The van der Waals surface area contributed by atoms with E-state index in [1.54, 1.807) is 6.07 Å². The van der Waals surface area contributed by atoms with Crippen molar-refractivity contribution in [2.75, 3.05) is 4.31 Å². The van der Waals surface area contributed by atoms with E-state index in [0.29, 0.717) is 10.00 Å². The lowest BCUT2D eigenvalue weighted by Crippen LogP contribution is -2.17. The molecule has 5 nitrogen and oxygen atoms in total. The number of amides is 1. The Bertz CT molecular complexity index is 343. The molecule has 0 spiro atoms. The third-order valence-electron chi connectivity index (χ3n) is 1.66. The lowest BCUT2D eigenvalue weighted by Gasteiger charge is -2.12. The van der Waals surface area contributed by atoms with E-state index in [1.807, 2.05) is 20.8 Å². The number of hydrogen-bond donors (Lipinski definition) is 2. The lowest BCUT2D eigenvalue weighted by molar-refractivity contribution is 0.205. The predicted molar refractivity (Wildman–Crippen MR) is 54.7 cm³/mol. The monoisotopic (exact) mass is 216 g/mol. The third kappa shape index (κ3) is 2.20. The van der Waals surface area contributed by atoms with Gasteiger partial charge in [0.05, 0.1) is 5.69 Å². The molecule has 1 amide bonds. The summed E-state index contributed by atoms with van der Waals surface area (Å²) in [5.74, 6) is 0.103. The average Bonchev–Trinajstić information content (AvgIpc) is 2.49. The Morgan fingerprint density at radius 2 is 2.21 bits per heavy atom. The van der Waals surface area contributed by atoms with Crippen molar-refractivity contribution in [2.24, 2.45) is 0 Å². The molecule has 1 N–H and O–H groups in total. The second-order valence-corrected chi connectivity index (χ2v) is 4.29. The van der Waals surface area contributed by atoms with E-state index in [0.717, 1.165) is 0 Å². The van der Waals surface area contributed by atoms with Crippen LogP contribution in [0.5, 0.6) is 0 Å². The highest BCUT2D eigenvalue weighted by molar-refractivity contribution is 7.82. The molecule has 0 aliphatic rings. The second kappa shape index (κ2) is 3.53. The number of thiol groups is 1. The van der Waals surface area contributed by atoms with Crippen LogP contribution in [0.4, 0.5) is 10.7 Å². The number of nitrogens with zero attached hydrogens (tertiary/aromatic N) is 2. The minimum Gasteiger partial charge on any atom is -0.464 e. The van der Waals surface area contributed by atoms with Gasteiger partial charge in [-0.15, -0.1) is 0 Å². The molecule has 0 fully saturated rings. The first-order valence-corrected chi connectivity index (χ1v) is 4.41. The largest absolute Gasteiger partial charge is 0.464 e. The zero-order chi connectivity index (χ0) is 10.9. The van der Waals surface area contributed by atoms with Crippen LogP contribution < -0.4 is 4.31 Å². The molecule has 1 aromatic rings. The first-order valence-electron chi connectivity index (χ1n) is 4.01. The molecule has 0 radical (unpaired) electrons. The normalized spacial score (nSPS) is 11.4. The zero-order valence-electron chi connectivity index (χ0n) is 8.18. The maximum Gasteiger partial charge on any atom is 0.424 e. The molecule has 0 bridgehead atoms. The molecular weight excluding hydrogens is 204 g/mol. The van der Waals surface area contributed by atoms with Crippen LogP contribution in [0, 0.1) is 0 Å². The predicted octanol–water partition coefficient (Wildman–Crippen LogP) is 2.30. The number of carboxylic acid groups (broad SMARTS) is 1. The quantitative estimate of drug-likeness (QED) is 0.707. The molecule has 0 aliphatic carbocycles. The van der Waals surface area contributed by atoms with Crippen molar-refractivity contribution in [3.8, 4) is 0 Å². The van der Waals surface area contributed by atoms with Gasteiger partial charge in [0.25, 0.3) is 0 Å². The van der Waals surface area contributed by atoms with Crippen molar-refractivity contribution in [1.82, 2.24) is 5.16 Å². The van der Waals surface area contributed by atoms with Crippen LogP contribution in [0.15, 0.2) is 10.6 Å². The van der Waals surface area contributed by atoms with Gasteiger partial charge in [0.15, 0.2) is 0 Å². The van der Waals surface area contributed by atoms with Crippen molar-refractivity contribution in [2.45, 2.75) is 26.2 Å². The van der Waals surface area contributed by atoms with Gasteiger partial charge in [-0.25, -0.2) is 4.79 Å². The molecule has 0 saturated carbocycles. The number of aromatic nitrogens is 1. The topological polar surface area (TPSA) is 66.6 Å². The van der Waals surface area contributed by atoms with Gasteiger partial charge in [0.2, 0.25) is 5.88 Å². The van der Waals surface area contributed by atoms with Gasteiger partial charge in [-0.05, 0) is 0 Å². The summed E-state index contributed by atoms with van der Waals surface area (Å²) in [6.07, 6.45) is -1.20. The van der Waals surface area contributed by atoms with Crippen LogP contribution in [0.2, 0.25) is 0 Å². The fourth-order valence-corrected chi connectivity index (χ4v) is 0.907. The molecular formula is C8H12N2O3S. The summed E-state index contributed by atoms with van der Waals surface area (Å²) in [6, 6.07) is 1.56. The molecule has 14 heavy (non-hydrogen) atoms. The van der Waals surface area contributed by atoms with E-state index in [-0.39, 0.29) is 11.3 Å². The van der Waals surface area contributed by atoms with Crippen LogP contribution in [0.1, 0.15) is 26.5 Å². The minimum absolute atomic E-state index is 0.103. The molecule has 0 aliphatic heterocycles. The van der Waals surface area contributed by atoms with Crippen molar-refractivity contribution >= 4 is 24.8 Å². The standard InChI is InChI=1S/C8H12N2O3S/c1-8(2,3)5-4-6(13-9-5)10(14)7(11)12/h4,14H,1-3H3,(H,11,12). The van der Waals surface area contributed by atoms with Crippen molar-refractivity contribution in [1.29, 1.82) is 0 Å². The molecule has 1 heterocycles. The summed E-state index contributed by atoms with van der Waals surface area (Å²) in [4.78, 5) is 10.5. The Morgan fingerprint density at radius 1 is 1.64 bits per heavy atom. The third-order valence-corrected chi connectivity index (χ3v) is 2.02. The van der Waals surface area contributed by atoms with Crippen molar-refractivity contribution in [3.05, 3.63) is 11.8 Å². The Kier molecular flexibility index (Phi) is 2.75. The summed E-state index contributed by atoms with van der Waals surface area (Å²) in [7, 11) is 0. The summed E-state index contributed by atoms with van der Waals surface area (Å²) >= 11 is 3.72. The van der Waals surface area contributed by atoms with E-state index in [2.05, 4.69) is 18.0 Å². The second-order valence-electron chi connectivity index (χ2n) is 3.89. The van der Waals surface area contributed by atoms with E-state index in [4.69, 9.17) is 9.63 Å². The zero-order valence-corrected chi connectivity index (χ0v) is 9.08. The number of hydrogen-bond acceptors (Lipinski definition) is 4. The van der Waals surface area contributed by atoms with Gasteiger partial charge in [-0.3, -0.25) is 0 Å². The number of rotatable bonds is 1. The highest BCUT2D eigenvalue weighted by Crippen LogP contribution is 2.26. The van der Waals surface area contributed by atoms with Gasteiger partial charge in [0.1, 0.15) is 0 Å². The Labute approximate surface area is 87.2 Å². The Morgan fingerprint density at radius 3 is 2.57 bits per heavy atom. The van der Waals surface area contributed by atoms with E-state index >= 15 is 0 Å². The van der Waals surface area contributed by atoms with Crippen LogP contribution in [0.25, 0.3) is 0 Å². The van der Waals surface area contributed by atoms with Crippen LogP contribution in [0.3, 0.4) is 0 Å². The molecule has 6 heteroatoms. The summed E-state index contributed by atoms with van der Waals surface area (Å²) in [5.41, 5.74) is 0.516. The van der Waals surface area contributed by atoms with Crippen molar-refractivity contribution < 1.29 is 14.4 Å². The molecule has 1 rings (SSSR count). The van der Waals surface area contributed by atoms with Gasteiger partial charge in [-0.1, -0.05) is 38.7 Å². The SMILES string of the molecule is CC(C)(C)c1cc(N(S)C(=O)O)on1. The summed E-state index contributed by atoms with van der Waals surface area (Å²) < 4.78 is 5.52. The van der Waals surface area contributed by atoms with Gasteiger partial charge >= 0.3 is 6.09 Å². The Hall–Kier alpha value is -1.17. The van der Waals surface area contributed by atoms with E-state index < -0.39 is 6.09 Å². The highest BCUT2D eigenvalue weighted by Gasteiger charge is 2.22. The molecule has 1 aromatic heterocycles. The van der Waals surface area contributed by atoms with Crippen LogP contribution in [-0.2, 0) is 5.41 Å². The molecule has 0 atom stereocenters. The molecule has 0 aromatic carbocycles. The maximum atomic E-state index is 10.5. The summed E-state index contributed by atoms with van der Waals surface area (Å²) in [6.45, 7) is 5.87. The molecule has 0 saturated heterocycles. The van der Waals surface area contributed by atoms with Gasteiger partial charge < -0.3 is 9.63 Å². The summed E-state index contributed by atoms with van der Waals surface area (Å²) in [5, 5.41) is 12.4. The van der Waals surface area contributed by atoms with Crippen molar-refractivity contribution in [3.63, 3.8) is 0 Å². The minimum atomic E-state index is -1.20. The number of anilines is 1. The van der Waals surface area contributed by atoms with E-state index in [9.17, 15) is 4.79 Å². The average molecular weight is 216 g/mol. The maximum absolute atomic E-state index is 10.5. The lowest BCUT2D eigenvalue weighted by atomic mass is 9.92. The molecule has 78 valence electrons. The fraction of sp³-hybridized carbons (Fsp3) is 0.500. The number of carbonyl (C=O) groups is 1. The first kappa shape index (κ1) is 10.9. The molecule has 0 unspecified atom stereocenters. The smallest absolute Gasteiger partial charge is 0.424 e. The van der Waals surface area contributed by atoms with E-state index in [1.165, 1.54) is 0 Å². The van der Waals surface area contributed by atoms with Crippen LogP contribution >= 0.6 is 12.8 Å².